The molecule has 2 aromatic rings. The molecule has 7 aliphatic rings. The summed E-state index contributed by atoms with van der Waals surface area (Å²) in [6.45, 7) is 2.58. The van der Waals surface area contributed by atoms with Crippen LogP contribution in [0.3, 0.4) is 0 Å². The summed E-state index contributed by atoms with van der Waals surface area (Å²) in [5.41, 5.74) is 4.40. The molecule has 1 unspecified atom stereocenters. The van der Waals surface area contributed by atoms with Crippen molar-refractivity contribution in [2.45, 2.75) is 25.8 Å². The third-order valence-corrected chi connectivity index (χ3v) is 4.95. The van der Waals surface area contributed by atoms with Crippen LogP contribution in [0.2, 0.25) is 0 Å². The molecule has 2 aromatic carbocycles. The van der Waals surface area contributed by atoms with Crippen LogP contribution in [0.5, 0.6) is 5.75 Å². The maximum Gasteiger partial charge on any atom is 0.257 e. The zero-order valence-electron chi connectivity index (χ0n) is 13.2. The zero-order valence-corrected chi connectivity index (χ0v) is 13.2. The molecule has 0 saturated carbocycles. The molecule has 1 atom stereocenters. The number of rotatable bonds is 1. The summed E-state index contributed by atoms with van der Waals surface area (Å²) in [7, 11) is 1.66. The topological polar surface area (TPSA) is 29.5 Å². The van der Waals surface area contributed by atoms with Gasteiger partial charge in [0.05, 0.1) is 18.7 Å². The van der Waals surface area contributed by atoms with Crippen LogP contribution in [-0.2, 0) is 12.8 Å². The number of carbonyl (C=O) groups is 1. The van der Waals surface area contributed by atoms with E-state index in [1.165, 1.54) is 11.6 Å². The monoisotopic (exact) mass is 311 g/mol. The molecule has 0 saturated heterocycles. The van der Waals surface area contributed by atoms with Crippen LogP contribution in [0.1, 0.15) is 45.6 Å². The quantitative estimate of drug-likeness (QED) is 0.807. The minimum atomic E-state index is -0.438. The highest BCUT2D eigenvalue weighted by atomic mass is 19.1. The summed E-state index contributed by atoms with van der Waals surface area (Å²) in [4.78, 5) is 14.6. The lowest BCUT2D eigenvalue weighted by Gasteiger charge is -2.37. The first-order valence-electron chi connectivity index (χ1n) is 7.87. The number of hydrogen-bond acceptors (Lipinski definition) is 2. The standard InChI is InChI=1S/C19H18FNO2/c1-11-18-14-5-6-21(11)19(22)15-4-3-12(9-16(15)20)7-13(8-14)10-17(18)23-2/h3-4,8-11H,5-7H2,1-2H3. The zero-order chi connectivity index (χ0) is 16.1. The fourth-order valence-corrected chi connectivity index (χ4v) is 3.80. The number of hydrogen-bond donors (Lipinski definition) is 0. The van der Waals surface area contributed by atoms with Crippen LogP contribution in [0.15, 0.2) is 30.3 Å². The van der Waals surface area contributed by atoms with Gasteiger partial charge in [-0.15, -0.1) is 0 Å². The molecule has 9 rings (SSSR count). The lowest BCUT2D eigenvalue weighted by atomic mass is 9.88. The van der Waals surface area contributed by atoms with Crippen LogP contribution in [0.25, 0.3) is 0 Å². The summed E-state index contributed by atoms with van der Waals surface area (Å²) in [5, 5.41) is 0. The summed E-state index contributed by atoms with van der Waals surface area (Å²) < 4.78 is 20.0. The van der Waals surface area contributed by atoms with Crippen molar-refractivity contribution < 1.29 is 13.9 Å². The predicted octanol–water partition coefficient (Wildman–Crippen LogP) is 3.50. The maximum atomic E-state index is 14.4. The fourth-order valence-electron chi connectivity index (χ4n) is 3.80. The van der Waals surface area contributed by atoms with Gasteiger partial charge in [0.25, 0.3) is 5.91 Å². The Balaban J connectivity index is 2.00. The summed E-state index contributed by atoms with van der Waals surface area (Å²) >= 11 is 0. The van der Waals surface area contributed by atoms with Gasteiger partial charge in [-0.2, -0.15) is 0 Å². The van der Waals surface area contributed by atoms with Gasteiger partial charge in [0, 0.05) is 12.1 Å². The first kappa shape index (κ1) is 14.2. The molecule has 0 radical (unpaired) electrons. The minimum absolute atomic E-state index is 0.131. The third-order valence-electron chi connectivity index (χ3n) is 4.95. The van der Waals surface area contributed by atoms with Crippen molar-refractivity contribution in [3.05, 3.63) is 64.0 Å². The van der Waals surface area contributed by atoms with Crippen LogP contribution in [0, 0.1) is 5.82 Å². The fraction of sp³-hybridized carbons (Fsp3) is 0.316. The van der Waals surface area contributed by atoms with E-state index in [2.05, 4.69) is 6.07 Å². The van der Waals surface area contributed by atoms with Gasteiger partial charge in [-0.1, -0.05) is 12.1 Å². The van der Waals surface area contributed by atoms with Gasteiger partial charge in [-0.25, -0.2) is 4.39 Å². The van der Waals surface area contributed by atoms with E-state index in [0.717, 1.165) is 28.9 Å². The van der Waals surface area contributed by atoms with E-state index in [1.807, 2.05) is 19.1 Å². The Labute approximate surface area is 134 Å². The molecule has 4 heteroatoms. The molecular formula is C19H18FNO2. The van der Waals surface area contributed by atoms with E-state index in [9.17, 15) is 9.18 Å². The number of nitrogens with zero attached hydrogens (tertiary/aromatic N) is 1. The Morgan fingerprint density at radius 3 is 2.78 bits per heavy atom. The second-order valence-electron chi connectivity index (χ2n) is 6.29. The molecule has 0 aliphatic carbocycles. The molecule has 23 heavy (non-hydrogen) atoms. The maximum absolute atomic E-state index is 14.4. The average Bonchev–Trinajstić information content (AvgIpc) is 2.53. The van der Waals surface area contributed by atoms with Crippen molar-refractivity contribution in [2.24, 2.45) is 0 Å². The number of ether oxygens (including phenoxy) is 1. The van der Waals surface area contributed by atoms with Gasteiger partial charge in [0.2, 0.25) is 0 Å². The molecule has 1 amide bonds. The van der Waals surface area contributed by atoms with Gasteiger partial charge in [-0.3, -0.25) is 4.79 Å². The van der Waals surface area contributed by atoms with Crippen LogP contribution >= 0.6 is 0 Å². The average molecular weight is 311 g/mol. The van der Waals surface area contributed by atoms with Crippen molar-refractivity contribution in [3.63, 3.8) is 0 Å². The van der Waals surface area contributed by atoms with Gasteiger partial charge in [0.1, 0.15) is 11.6 Å². The van der Waals surface area contributed by atoms with Gasteiger partial charge in [-0.05, 0) is 54.7 Å². The van der Waals surface area contributed by atoms with Crippen molar-refractivity contribution in [1.29, 1.82) is 0 Å². The SMILES string of the molecule is COc1cc2cc3c1C(C)N(CC3)C(=O)c1ccc(cc1F)C2. The van der Waals surface area contributed by atoms with Crippen molar-refractivity contribution in [2.75, 3.05) is 13.7 Å². The molecule has 118 valence electrons. The minimum Gasteiger partial charge on any atom is -0.496 e. The van der Waals surface area contributed by atoms with Crippen molar-refractivity contribution in [1.82, 2.24) is 4.90 Å². The Kier molecular flexibility index (Phi) is 3.15. The summed E-state index contributed by atoms with van der Waals surface area (Å²) in [5.74, 6) is 0.129. The Morgan fingerprint density at radius 2 is 2.04 bits per heavy atom. The first-order valence-corrected chi connectivity index (χ1v) is 7.87. The Morgan fingerprint density at radius 1 is 1.22 bits per heavy atom. The number of halogens is 1. The van der Waals surface area contributed by atoms with E-state index in [-0.39, 0.29) is 17.5 Å². The Hall–Kier alpha value is -2.36. The van der Waals surface area contributed by atoms with Crippen molar-refractivity contribution >= 4 is 5.91 Å². The van der Waals surface area contributed by atoms with Gasteiger partial charge in [0.15, 0.2) is 0 Å². The second-order valence-corrected chi connectivity index (χ2v) is 6.29. The molecule has 6 bridgehead atoms. The van der Waals surface area contributed by atoms with Crippen LogP contribution in [0.4, 0.5) is 4.39 Å². The smallest absolute Gasteiger partial charge is 0.257 e. The van der Waals surface area contributed by atoms with Gasteiger partial charge >= 0.3 is 0 Å². The van der Waals surface area contributed by atoms with Crippen molar-refractivity contribution in [3.8, 4) is 5.75 Å². The highest BCUT2D eigenvalue weighted by molar-refractivity contribution is 5.95. The van der Waals surface area contributed by atoms with E-state index in [4.69, 9.17) is 4.74 Å². The molecule has 3 nitrogen and oxygen atoms in total. The number of methoxy groups -OCH3 is 1. The molecule has 0 aromatic heterocycles. The highest BCUT2D eigenvalue weighted by Crippen LogP contribution is 2.39. The van der Waals surface area contributed by atoms with E-state index < -0.39 is 5.82 Å². The van der Waals surface area contributed by atoms with E-state index in [1.54, 1.807) is 18.1 Å². The van der Waals surface area contributed by atoms with Crippen LogP contribution in [-0.4, -0.2) is 24.5 Å². The molecular weight excluding hydrogens is 293 g/mol. The number of amides is 1. The highest BCUT2D eigenvalue weighted by Gasteiger charge is 2.32. The largest absolute Gasteiger partial charge is 0.496 e. The predicted molar refractivity (Wildman–Crippen MR) is 85.4 cm³/mol. The molecule has 0 N–H and O–H groups in total. The molecule has 7 aliphatic heterocycles. The molecule has 0 fully saturated rings. The normalized spacial score (nSPS) is 19.0. The molecule has 0 spiro atoms. The second kappa shape index (κ2) is 5.08. The van der Waals surface area contributed by atoms with Gasteiger partial charge < -0.3 is 9.64 Å². The number of carbonyl (C=O) groups excluding carboxylic acids is 1. The van der Waals surface area contributed by atoms with E-state index in [0.29, 0.717) is 13.0 Å². The lowest BCUT2D eigenvalue weighted by Crippen LogP contribution is -2.39. The Bertz CT molecular complexity index is 798. The first-order chi connectivity index (χ1) is 11.1. The van der Waals surface area contributed by atoms with E-state index >= 15 is 0 Å². The summed E-state index contributed by atoms with van der Waals surface area (Å²) in [6, 6.07) is 8.97. The number of benzene rings is 2. The third kappa shape index (κ3) is 2.12. The lowest BCUT2D eigenvalue weighted by molar-refractivity contribution is 0.0670. The molecule has 7 heterocycles. The van der Waals surface area contributed by atoms with Crippen LogP contribution < -0.4 is 4.74 Å². The summed E-state index contributed by atoms with van der Waals surface area (Å²) in [6.07, 6.45) is 1.40.